The SMILES string of the molecule is COC(=N)CSc1ccccc1. The Kier molecular flexibility index (Phi) is 3.67. The number of thioether (sulfide) groups is 1. The van der Waals surface area contributed by atoms with Crippen LogP contribution in [0, 0.1) is 5.41 Å². The number of ether oxygens (including phenoxy) is 1. The van der Waals surface area contributed by atoms with Crippen LogP contribution in [-0.4, -0.2) is 18.8 Å². The highest BCUT2D eigenvalue weighted by Gasteiger charge is 1.96. The summed E-state index contributed by atoms with van der Waals surface area (Å²) < 4.78 is 4.73. The van der Waals surface area contributed by atoms with Crippen LogP contribution in [0.3, 0.4) is 0 Å². The molecule has 64 valence electrons. The summed E-state index contributed by atoms with van der Waals surface area (Å²) in [5.41, 5.74) is 0. The van der Waals surface area contributed by atoms with E-state index in [1.54, 1.807) is 11.8 Å². The van der Waals surface area contributed by atoms with Crippen molar-refractivity contribution in [2.75, 3.05) is 12.9 Å². The highest BCUT2D eigenvalue weighted by Crippen LogP contribution is 2.16. The molecular weight excluding hydrogens is 170 g/mol. The molecule has 0 amide bonds. The maximum Gasteiger partial charge on any atom is 0.190 e. The van der Waals surface area contributed by atoms with Crippen LogP contribution in [-0.2, 0) is 4.74 Å². The van der Waals surface area contributed by atoms with Gasteiger partial charge < -0.3 is 4.74 Å². The van der Waals surface area contributed by atoms with E-state index in [1.165, 1.54) is 12.0 Å². The van der Waals surface area contributed by atoms with E-state index < -0.39 is 0 Å². The molecule has 0 aliphatic heterocycles. The van der Waals surface area contributed by atoms with Gasteiger partial charge in [-0.25, -0.2) is 0 Å². The quantitative estimate of drug-likeness (QED) is 0.441. The van der Waals surface area contributed by atoms with Crippen LogP contribution in [0.5, 0.6) is 0 Å². The van der Waals surface area contributed by atoms with E-state index in [0.717, 1.165) is 0 Å². The predicted molar refractivity (Wildman–Crippen MR) is 51.9 cm³/mol. The Labute approximate surface area is 76.4 Å². The van der Waals surface area contributed by atoms with Crippen LogP contribution in [0.4, 0.5) is 0 Å². The second-order valence-electron chi connectivity index (χ2n) is 2.23. The Morgan fingerprint density at radius 1 is 1.42 bits per heavy atom. The van der Waals surface area contributed by atoms with Crippen molar-refractivity contribution in [3.05, 3.63) is 30.3 Å². The van der Waals surface area contributed by atoms with E-state index in [-0.39, 0.29) is 0 Å². The minimum Gasteiger partial charge on any atom is -0.484 e. The zero-order valence-electron chi connectivity index (χ0n) is 6.91. The van der Waals surface area contributed by atoms with E-state index in [0.29, 0.717) is 11.7 Å². The molecule has 0 aliphatic rings. The normalized spacial score (nSPS) is 9.42. The van der Waals surface area contributed by atoms with Crippen molar-refractivity contribution in [3.8, 4) is 0 Å². The number of benzene rings is 1. The number of methoxy groups -OCH3 is 1. The average molecular weight is 181 g/mol. The Balaban J connectivity index is 2.38. The molecule has 0 aromatic heterocycles. The Morgan fingerprint density at radius 2 is 2.08 bits per heavy atom. The molecule has 1 aromatic carbocycles. The van der Waals surface area contributed by atoms with Crippen LogP contribution in [0.2, 0.25) is 0 Å². The summed E-state index contributed by atoms with van der Waals surface area (Å²) in [5, 5.41) is 7.24. The lowest BCUT2D eigenvalue weighted by Crippen LogP contribution is -2.01. The first-order valence-electron chi connectivity index (χ1n) is 3.62. The molecule has 0 unspecified atom stereocenters. The zero-order chi connectivity index (χ0) is 8.81. The number of hydrogen-bond donors (Lipinski definition) is 1. The van der Waals surface area contributed by atoms with Gasteiger partial charge in [-0.15, -0.1) is 11.8 Å². The Hall–Kier alpha value is -0.960. The molecule has 0 atom stereocenters. The number of nitrogens with one attached hydrogen (secondary N) is 1. The van der Waals surface area contributed by atoms with E-state index >= 15 is 0 Å². The molecule has 0 radical (unpaired) electrons. The van der Waals surface area contributed by atoms with Gasteiger partial charge in [-0.2, -0.15) is 0 Å². The first-order chi connectivity index (χ1) is 5.83. The summed E-state index contributed by atoms with van der Waals surface area (Å²) in [6.45, 7) is 0. The molecular formula is C9H11NOS. The van der Waals surface area contributed by atoms with Crippen molar-refractivity contribution in [1.29, 1.82) is 5.41 Å². The molecule has 0 spiro atoms. The molecule has 2 nitrogen and oxygen atoms in total. The van der Waals surface area contributed by atoms with E-state index in [4.69, 9.17) is 10.1 Å². The number of hydrogen-bond acceptors (Lipinski definition) is 3. The van der Waals surface area contributed by atoms with Gasteiger partial charge in [0.1, 0.15) is 0 Å². The van der Waals surface area contributed by atoms with Gasteiger partial charge in [-0.1, -0.05) is 18.2 Å². The highest BCUT2D eigenvalue weighted by molar-refractivity contribution is 8.00. The summed E-state index contributed by atoms with van der Waals surface area (Å²) in [7, 11) is 1.52. The van der Waals surface area contributed by atoms with E-state index in [9.17, 15) is 0 Å². The summed E-state index contributed by atoms with van der Waals surface area (Å²) >= 11 is 1.60. The van der Waals surface area contributed by atoms with E-state index in [2.05, 4.69) is 0 Å². The lowest BCUT2D eigenvalue weighted by atomic mass is 10.4. The molecule has 0 fully saturated rings. The monoisotopic (exact) mass is 181 g/mol. The minimum atomic E-state index is 0.309. The van der Waals surface area contributed by atoms with Gasteiger partial charge in [0, 0.05) is 4.90 Å². The molecule has 1 rings (SSSR count). The second-order valence-corrected chi connectivity index (χ2v) is 3.28. The van der Waals surface area contributed by atoms with Crippen molar-refractivity contribution in [2.45, 2.75) is 4.90 Å². The van der Waals surface area contributed by atoms with Gasteiger partial charge in [0.05, 0.1) is 12.9 Å². The van der Waals surface area contributed by atoms with Crippen LogP contribution < -0.4 is 0 Å². The molecule has 0 bridgehead atoms. The smallest absolute Gasteiger partial charge is 0.190 e. The molecule has 0 saturated heterocycles. The molecule has 12 heavy (non-hydrogen) atoms. The van der Waals surface area contributed by atoms with Gasteiger partial charge in [0.25, 0.3) is 0 Å². The third kappa shape index (κ3) is 2.96. The topological polar surface area (TPSA) is 33.1 Å². The molecule has 3 heteroatoms. The fraction of sp³-hybridized carbons (Fsp3) is 0.222. The standard InChI is InChI=1S/C9H11NOS/c1-11-9(10)7-12-8-5-3-2-4-6-8/h2-6,10H,7H2,1H3. The van der Waals surface area contributed by atoms with Crippen LogP contribution in [0.25, 0.3) is 0 Å². The number of rotatable bonds is 3. The summed E-state index contributed by atoms with van der Waals surface area (Å²) in [6, 6.07) is 9.99. The minimum absolute atomic E-state index is 0.309. The van der Waals surface area contributed by atoms with Gasteiger partial charge in [-0.3, -0.25) is 5.41 Å². The molecule has 0 aliphatic carbocycles. The lowest BCUT2D eigenvalue weighted by Gasteiger charge is -2.01. The van der Waals surface area contributed by atoms with Gasteiger partial charge in [0.2, 0.25) is 0 Å². The predicted octanol–water partition coefficient (Wildman–Crippen LogP) is 2.40. The maximum absolute atomic E-state index is 7.24. The first kappa shape index (κ1) is 9.13. The van der Waals surface area contributed by atoms with Crippen LogP contribution in [0.15, 0.2) is 35.2 Å². The van der Waals surface area contributed by atoms with Crippen molar-refractivity contribution in [3.63, 3.8) is 0 Å². The maximum atomic E-state index is 7.24. The third-order valence-corrected chi connectivity index (χ3v) is 2.37. The van der Waals surface area contributed by atoms with Crippen molar-refractivity contribution < 1.29 is 4.74 Å². The molecule has 1 N–H and O–H groups in total. The molecule has 0 heterocycles. The molecule has 1 aromatic rings. The third-order valence-electron chi connectivity index (χ3n) is 1.36. The summed E-state index contributed by atoms with van der Waals surface area (Å²) in [5.74, 6) is 0.907. The van der Waals surface area contributed by atoms with Crippen LogP contribution in [0.1, 0.15) is 0 Å². The molecule has 0 saturated carbocycles. The van der Waals surface area contributed by atoms with Gasteiger partial charge in [-0.05, 0) is 12.1 Å². The summed E-state index contributed by atoms with van der Waals surface area (Å²) in [4.78, 5) is 1.17. The van der Waals surface area contributed by atoms with Gasteiger partial charge in [0.15, 0.2) is 5.90 Å². The first-order valence-corrected chi connectivity index (χ1v) is 4.61. The van der Waals surface area contributed by atoms with E-state index in [1.807, 2.05) is 30.3 Å². The van der Waals surface area contributed by atoms with Crippen molar-refractivity contribution >= 4 is 17.7 Å². The second kappa shape index (κ2) is 4.83. The fourth-order valence-electron chi connectivity index (χ4n) is 0.725. The van der Waals surface area contributed by atoms with Crippen molar-refractivity contribution in [1.82, 2.24) is 0 Å². The largest absolute Gasteiger partial charge is 0.484 e. The zero-order valence-corrected chi connectivity index (χ0v) is 7.73. The summed E-state index contributed by atoms with van der Waals surface area (Å²) in [6.07, 6.45) is 0. The Morgan fingerprint density at radius 3 is 2.67 bits per heavy atom. The van der Waals surface area contributed by atoms with Gasteiger partial charge >= 0.3 is 0 Å². The fourth-order valence-corrected chi connectivity index (χ4v) is 1.49. The highest BCUT2D eigenvalue weighted by atomic mass is 32.2. The van der Waals surface area contributed by atoms with Crippen LogP contribution >= 0.6 is 11.8 Å². The van der Waals surface area contributed by atoms with Crippen molar-refractivity contribution in [2.24, 2.45) is 0 Å². The lowest BCUT2D eigenvalue weighted by molar-refractivity contribution is 0.397. The average Bonchev–Trinajstić information content (AvgIpc) is 2.16. The Bertz CT molecular complexity index is 248.